The van der Waals surface area contributed by atoms with Gasteiger partial charge in [0.2, 0.25) is 0 Å². The zero-order valence-electron chi connectivity index (χ0n) is 19.3. The number of fused-ring (bicyclic) bond motifs is 1. The van der Waals surface area contributed by atoms with Gasteiger partial charge in [-0.2, -0.15) is 0 Å². The topological polar surface area (TPSA) is 61.7 Å². The molecule has 4 aromatic rings. The minimum Gasteiger partial charge on any atom is -0.508 e. The normalized spacial score (nSPS) is 15.6. The first-order chi connectivity index (χ1) is 16.7. The van der Waals surface area contributed by atoms with Crippen LogP contribution in [0.25, 0.3) is 21.9 Å². The summed E-state index contributed by atoms with van der Waals surface area (Å²) in [5.74, 6) is 1.43. The van der Waals surface area contributed by atoms with Crippen LogP contribution in [-0.2, 0) is 6.42 Å². The number of ether oxygens (including phenoxy) is 1. The number of hydrogen-bond donors (Lipinski definition) is 3. The molecule has 1 unspecified atom stereocenters. The summed E-state index contributed by atoms with van der Waals surface area (Å²) in [4.78, 5) is 0. The summed E-state index contributed by atoms with van der Waals surface area (Å²) in [5, 5.41) is 25.4. The Morgan fingerprint density at radius 3 is 2.41 bits per heavy atom. The van der Waals surface area contributed by atoms with Crippen LogP contribution in [0.2, 0.25) is 0 Å². The Bertz CT molecular complexity index is 1240. The monoisotopic (exact) mass is 453 g/mol. The third kappa shape index (κ3) is 5.18. The van der Waals surface area contributed by atoms with Crippen LogP contribution in [0, 0.1) is 0 Å². The molecule has 0 saturated carbocycles. The molecule has 0 aromatic heterocycles. The molecule has 34 heavy (non-hydrogen) atoms. The number of phenolic OH excluding ortho intramolecular Hbond substituents is 2. The summed E-state index contributed by atoms with van der Waals surface area (Å²) >= 11 is 0. The number of phenols is 2. The molecule has 0 aliphatic carbocycles. The average Bonchev–Trinajstić information content (AvgIpc) is 3.37. The Morgan fingerprint density at radius 2 is 1.65 bits per heavy atom. The fourth-order valence-electron chi connectivity index (χ4n) is 4.91. The molecule has 0 amide bonds. The molecule has 4 nitrogen and oxygen atoms in total. The van der Waals surface area contributed by atoms with Crippen molar-refractivity contribution in [2.45, 2.75) is 38.1 Å². The maximum Gasteiger partial charge on any atom is 0.119 e. The van der Waals surface area contributed by atoms with E-state index in [-0.39, 0.29) is 11.5 Å². The van der Waals surface area contributed by atoms with Crippen LogP contribution >= 0.6 is 0 Å². The van der Waals surface area contributed by atoms with E-state index in [0.29, 0.717) is 6.04 Å². The second-order valence-electron chi connectivity index (χ2n) is 9.15. The maximum absolute atomic E-state index is 9.96. The van der Waals surface area contributed by atoms with E-state index in [0.717, 1.165) is 53.6 Å². The summed E-state index contributed by atoms with van der Waals surface area (Å²) < 4.78 is 5.98. The summed E-state index contributed by atoms with van der Waals surface area (Å²) in [6.07, 6.45) is 5.58. The predicted octanol–water partition coefficient (Wildman–Crippen LogP) is 6.42. The first-order valence-electron chi connectivity index (χ1n) is 12.1. The third-order valence-electron chi connectivity index (χ3n) is 6.73. The van der Waals surface area contributed by atoms with Crippen LogP contribution in [0.15, 0.2) is 78.9 Å². The molecule has 5 rings (SSSR count). The molecule has 4 heteroatoms. The van der Waals surface area contributed by atoms with E-state index in [2.05, 4.69) is 35.6 Å². The van der Waals surface area contributed by atoms with Crippen molar-refractivity contribution >= 4 is 10.8 Å². The number of benzene rings is 4. The summed E-state index contributed by atoms with van der Waals surface area (Å²) in [7, 11) is 0. The second kappa shape index (κ2) is 10.2. The quantitative estimate of drug-likeness (QED) is 0.269. The van der Waals surface area contributed by atoms with Crippen molar-refractivity contribution in [1.82, 2.24) is 5.32 Å². The molecule has 1 fully saturated rings. The van der Waals surface area contributed by atoms with Crippen LogP contribution in [-0.4, -0.2) is 29.4 Å². The highest BCUT2D eigenvalue weighted by molar-refractivity contribution is 5.93. The first kappa shape index (κ1) is 22.3. The van der Waals surface area contributed by atoms with E-state index in [1.165, 1.54) is 30.4 Å². The van der Waals surface area contributed by atoms with Gasteiger partial charge in [-0.05, 0) is 108 Å². The Morgan fingerprint density at radius 1 is 0.853 bits per heavy atom. The van der Waals surface area contributed by atoms with Gasteiger partial charge in [0, 0.05) is 6.04 Å². The van der Waals surface area contributed by atoms with Crippen molar-refractivity contribution in [3.8, 4) is 28.4 Å². The van der Waals surface area contributed by atoms with Crippen molar-refractivity contribution in [3.63, 3.8) is 0 Å². The van der Waals surface area contributed by atoms with Crippen LogP contribution in [0.5, 0.6) is 17.2 Å². The van der Waals surface area contributed by atoms with Gasteiger partial charge in [0.05, 0.1) is 6.61 Å². The van der Waals surface area contributed by atoms with E-state index in [4.69, 9.17) is 4.74 Å². The summed E-state index contributed by atoms with van der Waals surface area (Å²) in [5.41, 5.74) is 4.57. The molecule has 1 atom stereocenters. The number of aromatic hydroxyl groups is 2. The molecule has 1 aliphatic heterocycles. The second-order valence-corrected chi connectivity index (χ2v) is 9.15. The largest absolute Gasteiger partial charge is 0.508 e. The van der Waals surface area contributed by atoms with Gasteiger partial charge in [-0.15, -0.1) is 0 Å². The van der Waals surface area contributed by atoms with Gasteiger partial charge >= 0.3 is 0 Å². The van der Waals surface area contributed by atoms with Crippen molar-refractivity contribution in [2.75, 3.05) is 13.2 Å². The Hall–Kier alpha value is -3.50. The van der Waals surface area contributed by atoms with Gasteiger partial charge in [-0.25, -0.2) is 0 Å². The molecular formula is C30H31NO3. The van der Waals surface area contributed by atoms with Gasteiger partial charge in [0.1, 0.15) is 17.2 Å². The predicted molar refractivity (Wildman–Crippen MR) is 138 cm³/mol. The summed E-state index contributed by atoms with van der Waals surface area (Å²) in [6.45, 7) is 1.90. The first-order valence-corrected chi connectivity index (χ1v) is 12.1. The van der Waals surface area contributed by atoms with Crippen molar-refractivity contribution < 1.29 is 14.9 Å². The Kier molecular flexibility index (Phi) is 6.68. The zero-order valence-corrected chi connectivity index (χ0v) is 19.3. The average molecular weight is 454 g/mol. The molecular weight excluding hydrogens is 422 g/mol. The van der Waals surface area contributed by atoms with Crippen molar-refractivity contribution in [1.29, 1.82) is 0 Å². The van der Waals surface area contributed by atoms with Gasteiger partial charge in [0.15, 0.2) is 0 Å². The molecule has 1 heterocycles. The van der Waals surface area contributed by atoms with Gasteiger partial charge < -0.3 is 20.3 Å². The standard InChI is InChI=1S/C30H31NO3/c32-25-10-7-22(8-11-25)28-15-9-23-20-26(33)12-16-29(23)30(28)19-21-5-13-27(14-6-21)34-18-2-4-24-3-1-17-31-24/h5-16,20,24,31-33H,1-4,17-19H2. The van der Waals surface area contributed by atoms with E-state index >= 15 is 0 Å². The molecule has 4 aromatic carbocycles. The molecule has 0 spiro atoms. The lowest BCUT2D eigenvalue weighted by molar-refractivity contribution is 0.299. The lowest BCUT2D eigenvalue weighted by Gasteiger charge is -2.15. The Balaban J connectivity index is 1.34. The van der Waals surface area contributed by atoms with Crippen molar-refractivity contribution in [3.05, 3.63) is 90.0 Å². The van der Waals surface area contributed by atoms with Crippen LogP contribution in [0.4, 0.5) is 0 Å². The van der Waals surface area contributed by atoms with E-state index in [1.807, 2.05) is 24.3 Å². The van der Waals surface area contributed by atoms with Crippen molar-refractivity contribution in [2.24, 2.45) is 0 Å². The lowest BCUT2D eigenvalue weighted by Crippen LogP contribution is -2.21. The van der Waals surface area contributed by atoms with Crippen LogP contribution in [0.1, 0.15) is 36.8 Å². The highest BCUT2D eigenvalue weighted by atomic mass is 16.5. The minimum absolute atomic E-state index is 0.256. The van der Waals surface area contributed by atoms with Gasteiger partial charge in [0.25, 0.3) is 0 Å². The Labute approximate surface area is 200 Å². The molecule has 1 aliphatic rings. The van der Waals surface area contributed by atoms with Gasteiger partial charge in [-0.1, -0.05) is 42.5 Å². The maximum atomic E-state index is 9.96. The number of rotatable bonds is 8. The fraction of sp³-hybridized carbons (Fsp3) is 0.267. The minimum atomic E-state index is 0.256. The smallest absolute Gasteiger partial charge is 0.119 e. The summed E-state index contributed by atoms with van der Waals surface area (Å²) in [6, 6.07) is 26.0. The highest BCUT2D eigenvalue weighted by Crippen LogP contribution is 2.34. The van der Waals surface area contributed by atoms with Crippen LogP contribution in [0.3, 0.4) is 0 Å². The number of nitrogens with one attached hydrogen (secondary N) is 1. The van der Waals surface area contributed by atoms with E-state index in [9.17, 15) is 10.2 Å². The van der Waals surface area contributed by atoms with E-state index in [1.54, 1.807) is 24.3 Å². The number of hydrogen-bond acceptors (Lipinski definition) is 4. The molecule has 3 N–H and O–H groups in total. The SMILES string of the molecule is Oc1ccc(-c2ccc3cc(O)ccc3c2Cc2ccc(OCCCC3CCCN3)cc2)cc1. The van der Waals surface area contributed by atoms with Crippen LogP contribution < -0.4 is 10.1 Å². The van der Waals surface area contributed by atoms with Gasteiger partial charge in [-0.3, -0.25) is 0 Å². The molecule has 1 saturated heterocycles. The van der Waals surface area contributed by atoms with E-state index < -0.39 is 0 Å². The lowest BCUT2D eigenvalue weighted by atomic mass is 9.90. The molecule has 174 valence electrons. The third-order valence-corrected chi connectivity index (χ3v) is 6.73. The zero-order chi connectivity index (χ0) is 23.3. The highest BCUT2D eigenvalue weighted by Gasteiger charge is 2.14. The molecule has 0 bridgehead atoms. The fourth-order valence-corrected chi connectivity index (χ4v) is 4.91. The molecule has 0 radical (unpaired) electrons.